The van der Waals surface area contributed by atoms with E-state index in [0.29, 0.717) is 68.8 Å². The lowest BCUT2D eigenvalue weighted by molar-refractivity contribution is -0.0730. The number of carbonyl (C=O) groups excluding carboxylic acids is 1. The zero-order valence-electron chi connectivity index (χ0n) is 28.3. The number of nitrogens with one attached hydrogen (secondary N) is 1. The molecule has 3 fully saturated rings. The lowest BCUT2D eigenvalue weighted by Crippen LogP contribution is -2.43. The minimum absolute atomic E-state index is 0.149. The van der Waals surface area contributed by atoms with Gasteiger partial charge in [0, 0.05) is 77.4 Å². The molecular formula is C35H41Cl2FN8O4S. The summed E-state index contributed by atoms with van der Waals surface area (Å²) in [6.07, 6.45) is 4.37. The number of benzene rings is 1. The van der Waals surface area contributed by atoms with E-state index >= 15 is 0 Å². The minimum Gasteiger partial charge on any atom is -0.461 e. The summed E-state index contributed by atoms with van der Waals surface area (Å²) >= 11 is 13.6. The number of aryl methyl sites for hydroxylation is 1. The number of anilines is 1. The zero-order chi connectivity index (χ0) is 35.1. The summed E-state index contributed by atoms with van der Waals surface area (Å²) in [5, 5.41) is 5.71. The number of hydrogen-bond acceptors (Lipinski definition) is 10. The van der Waals surface area contributed by atoms with Crippen LogP contribution in [0.1, 0.15) is 70.7 Å². The van der Waals surface area contributed by atoms with Gasteiger partial charge in [0.2, 0.25) is 0 Å². The van der Waals surface area contributed by atoms with Gasteiger partial charge in [-0.2, -0.15) is 15.1 Å². The van der Waals surface area contributed by atoms with Gasteiger partial charge in [0.15, 0.2) is 5.69 Å². The van der Waals surface area contributed by atoms with Crippen LogP contribution in [-0.4, -0.2) is 102 Å². The molecule has 3 aromatic rings. The minimum atomic E-state index is -2.65. The second-order valence-corrected chi connectivity index (χ2v) is 18.2. The van der Waals surface area contributed by atoms with Crippen LogP contribution in [0.2, 0.25) is 10.0 Å². The third-order valence-corrected chi connectivity index (χ3v) is 14.4. The molecule has 12 nitrogen and oxygen atoms in total. The fourth-order valence-electron chi connectivity index (χ4n) is 9.21. The van der Waals surface area contributed by atoms with E-state index in [2.05, 4.69) is 21.0 Å². The van der Waals surface area contributed by atoms with E-state index in [0.717, 1.165) is 66.1 Å². The summed E-state index contributed by atoms with van der Waals surface area (Å²) in [7, 11) is -2.65. The van der Waals surface area contributed by atoms with Crippen LogP contribution in [0.5, 0.6) is 6.01 Å². The Balaban J connectivity index is 1.05. The maximum atomic E-state index is 14.6. The first-order valence-electron chi connectivity index (χ1n) is 17.9. The van der Waals surface area contributed by atoms with Gasteiger partial charge in [-0.3, -0.25) is 19.2 Å². The third-order valence-electron chi connectivity index (χ3n) is 11.9. The molecule has 0 saturated carbocycles. The Morgan fingerprint density at radius 3 is 2.78 bits per heavy atom. The molecule has 1 spiro atoms. The monoisotopic (exact) mass is 758 g/mol. The van der Waals surface area contributed by atoms with E-state index in [-0.39, 0.29) is 47.7 Å². The van der Waals surface area contributed by atoms with Crippen molar-refractivity contribution in [3.05, 3.63) is 62.0 Å². The average Bonchev–Trinajstić information content (AvgIpc) is 3.79. The Labute approximate surface area is 306 Å². The Bertz CT molecular complexity index is 2020. The molecule has 16 heteroatoms. The van der Waals surface area contributed by atoms with Gasteiger partial charge in [-0.05, 0) is 55.8 Å². The van der Waals surface area contributed by atoms with Crippen LogP contribution < -0.4 is 9.64 Å². The Hall–Kier alpha value is -3.04. The van der Waals surface area contributed by atoms with E-state index in [1.807, 2.05) is 16.8 Å². The predicted octanol–water partition coefficient (Wildman–Crippen LogP) is 4.76. The Kier molecular flexibility index (Phi) is 8.30. The molecule has 51 heavy (non-hydrogen) atoms. The first-order chi connectivity index (χ1) is 24.5. The van der Waals surface area contributed by atoms with E-state index in [4.69, 9.17) is 47.4 Å². The van der Waals surface area contributed by atoms with Gasteiger partial charge in [0.1, 0.15) is 18.6 Å². The standard InChI is InChI=1S/C35H41Cl2FN8O4S/c36-26-5-1-4-25-23(26)6-8-35(25)17-27-24(20-50-35)31(41-33(40-27)49-21-34-7-2-10-45(34)18-22(38)16-34)44-9-3-11-46-28(19-44)29(37)30(42-46)32(47)43-12-14-51(39,48)15-13-43/h1,4-5,22,39H,2-3,6-21H2/t22-,34?,35+/m1/s1. The summed E-state index contributed by atoms with van der Waals surface area (Å²) in [5.74, 6) is 0.687. The first kappa shape index (κ1) is 33.8. The fraction of sp³-hybridized carbons (Fsp3) is 0.600. The number of carbonyl (C=O) groups is 1. The summed E-state index contributed by atoms with van der Waals surface area (Å²) in [6, 6.07) is 6.27. The number of aromatic nitrogens is 4. The van der Waals surface area contributed by atoms with Crippen molar-refractivity contribution >= 4 is 44.7 Å². The molecule has 6 aliphatic rings. The smallest absolute Gasteiger partial charge is 0.318 e. The van der Waals surface area contributed by atoms with Gasteiger partial charge < -0.3 is 19.3 Å². The molecule has 0 bridgehead atoms. The summed E-state index contributed by atoms with van der Waals surface area (Å²) in [6.45, 7) is 3.99. The van der Waals surface area contributed by atoms with Crippen molar-refractivity contribution < 1.29 is 22.9 Å². The number of nitrogens with zero attached hydrogens (tertiary/aromatic N) is 7. The number of halogens is 3. The van der Waals surface area contributed by atoms with Gasteiger partial charge in [0.25, 0.3) is 5.91 Å². The topological polar surface area (TPSA) is 130 Å². The molecule has 3 atom stereocenters. The second kappa shape index (κ2) is 12.5. The highest BCUT2D eigenvalue weighted by Crippen LogP contribution is 2.49. The van der Waals surface area contributed by atoms with Crippen molar-refractivity contribution in [3.63, 3.8) is 0 Å². The molecule has 1 N–H and O–H groups in total. The van der Waals surface area contributed by atoms with Crippen LogP contribution in [0.25, 0.3) is 0 Å². The SMILES string of the molecule is N=S1(=O)CCN(C(=O)c2nn3c(c2Cl)CN(c2nc(OCC45CCCN4C[C@H](F)C5)nc4c2CO[C@@]2(CCc5c(Cl)cccc52)C4)CCC3)CC1. The number of amides is 1. The molecule has 9 rings (SSSR count). The molecule has 7 heterocycles. The highest BCUT2D eigenvalue weighted by atomic mass is 35.5. The zero-order valence-corrected chi connectivity index (χ0v) is 30.7. The van der Waals surface area contributed by atoms with Gasteiger partial charge in [-0.1, -0.05) is 35.3 Å². The predicted molar refractivity (Wildman–Crippen MR) is 190 cm³/mol. The molecule has 1 amide bonds. The van der Waals surface area contributed by atoms with Gasteiger partial charge >= 0.3 is 6.01 Å². The Morgan fingerprint density at radius 1 is 1.10 bits per heavy atom. The average molecular weight is 760 g/mol. The molecule has 1 aromatic carbocycles. The lowest BCUT2D eigenvalue weighted by atomic mass is 9.87. The van der Waals surface area contributed by atoms with Gasteiger partial charge in [0.05, 0.1) is 40.7 Å². The van der Waals surface area contributed by atoms with E-state index < -0.39 is 21.5 Å². The number of hydrogen-bond donors (Lipinski definition) is 1. The highest BCUT2D eigenvalue weighted by Gasteiger charge is 2.50. The van der Waals surface area contributed by atoms with Crippen LogP contribution in [0.3, 0.4) is 0 Å². The Morgan fingerprint density at radius 2 is 1.94 bits per heavy atom. The first-order valence-corrected chi connectivity index (χ1v) is 20.6. The van der Waals surface area contributed by atoms with Crippen LogP contribution >= 0.6 is 23.2 Å². The van der Waals surface area contributed by atoms with Crippen LogP contribution in [0.15, 0.2) is 18.2 Å². The number of fused-ring (bicyclic) bond motifs is 5. The van der Waals surface area contributed by atoms with E-state index in [1.54, 1.807) is 4.90 Å². The largest absolute Gasteiger partial charge is 0.461 e. The molecule has 1 aliphatic carbocycles. The summed E-state index contributed by atoms with van der Waals surface area (Å²) in [5.41, 5.74) is 3.96. The van der Waals surface area contributed by atoms with Crippen molar-refractivity contribution in [1.29, 1.82) is 4.78 Å². The molecule has 1 unspecified atom stereocenters. The molecular weight excluding hydrogens is 718 g/mol. The molecule has 2 aromatic heterocycles. The van der Waals surface area contributed by atoms with Gasteiger partial charge in [-0.25, -0.2) is 8.60 Å². The highest BCUT2D eigenvalue weighted by molar-refractivity contribution is 7.92. The van der Waals surface area contributed by atoms with Crippen LogP contribution in [-0.2, 0) is 52.6 Å². The quantitative estimate of drug-likeness (QED) is 0.392. The number of rotatable bonds is 5. The molecule has 5 aliphatic heterocycles. The molecule has 0 radical (unpaired) electrons. The molecule has 3 saturated heterocycles. The second-order valence-electron chi connectivity index (χ2n) is 15.0. The number of alkyl halides is 1. The van der Waals surface area contributed by atoms with E-state index in [1.165, 1.54) is 0 Å². The van der Waals surface area contributed by atoms with Crippen molar-refractivity contribution in [3.8, 4) is 6.01 Å². The lowest BCUT2D eigenvalue weighted by Gasteiger charge is -2.37. The van der Waals surface area contributed by atoms with Crippen molar-refractivity contribution in [2.45, 2.75) is 82.0 Å². The van der Waals surface area contributed by atoms with Crippen LogP contribution in [0, 0.1) is 4.78 Å². The third kappa shape index (κ3) is 5.80. The fourth-order valence-corrected chi connectivity index (χ4v) is 11.0. The van der Waals surface area contributed by atoms with E-state index in [9.17, 15) is 13.4 Å². The van der Waals surface area contributed by atoms with Gasteiger partial charge in [-0.15, -0.1) is 0 Å². The van der Waals surface area contributed by atoms with Crippen molar-refractivity contribution in [1.82, 2.24) is 29.5 Å². The summed E-state index contributed by atoms with van der Waals surface area (Å²) in [4.78, 5) is 29.6. The van der Waals surface area contributed by atoms with Crippen molar-refractivity contribution in [2.24, 2.45) is 0 Å². The number of ether oxygens (including phenoxy) is 2. The summed E-state index contributed by atoms with van der Waals surface area (Å²) < 4.78 is 49.8. The maximum Gasteiger partial charge on any atom is 0.318 e. The molecule has 272 valence electrons. The maximum absolute atomic E-state index is 14.6. The normalized spacial score (nSPS) is 28.3. The van der Waals surface area contributed by atoms with Crippen LogP contribution in [0.4, 0.5) is 10.2 Å². The van der Waals surface area contributed by atoms with Crippen molar-refractivity contribution in [2.75, 3.05) is 55.7 Å².